The van der Waals surface area contributed by atoms with E-state index in [2.05, 4.69) is 9.89 Å². The molecule has 0 fully saturated rings. The summed E-state index contributed by atoms with van der Waals surface area (Å²) < 4.78 is 82.7. The highest BCUT2D eigenvalue weighted by atomic mass is 32.2. The summed E-state index contributed by atoms with van der Waals surface area (Å²) in [5, 5.41) is 3.45. The molecule has 0 saturated carbocycles. The van der Waals surface area contributed by atoms with Crippen LogP contribution in [0.25, 0.3) is 0 Å². The van der Waals surface area contributed by atoms with Crippen LogP contribution in [0.15, 0.2) is 81.7 Å². The predicted molar refractivity (Wildman–Crippen MR) is 200 cm³/mol. The summed E-state index contributed by atoms with van der Waals surface area (Å²) in [6, 6.07) is 14.4. The van der Waals surface area contributed by atoms with Crippen LogP contribution in [0.3, 0.4) is 0 Å². The molecule has 55 heavy (non-hydrogen) atoms. The smallest absolute Gasteiger partial charge is 0.366 e. The SMILES string of the molecule is COC(=O)c1ccc(N(C)S(=O)(=O)c2ccccc2S(=O)(=O)Oc2cc(C)cc(OCCC(ON=C(N)N)(C(=O)OC(C)(C)C)C(=O)OC(C)(C)C)c2)cc1. The van der Waals surface area contributed by atoms with Crippen molar-refractivity contribution in [3.8, 4) is 11.5 Å². The van der Waals surface area contributed by atoms with E-state index in [0.29, 0.717) is 5.56 Å². The van der Waals surface area contributed by atoms with E-state index in [1.165, 1.54) is 68.8 Å². The second-order valence-electron chi connectivity index (χ2n) is 14.0. The zero-order valence-corrected chi connectivity index (χ0v) is 33.6. The molecule has 0 aliphatic rings. The number of nitrogens with two attached hydrogens (primary N) is 2. The molecule has 0 saturated heterocycles. The minimum atomic E-state index is -4.82. The fourth-order valence-electron chi connectivity index (χ4n) is 4.67. The lowest BCUT2D eigenvalue weighted by Crippen LogP contribution is -2.54. The van der Waals surface area contributed by atoms with Crippen LogP contribution in [0.1, 0.15) is 63.9 Å². The van der Waals surface area contributed by atoms with Crippen LogP contribution >= 0.6 is 0 Å². The number of benzene rings is 3. The molecule has 4 N–H and O–H groups in total. The average molecular weight is 807 g/mol. The summed E-state index contributed by atoms with van der Waals surface area (Å²) >= 11 is 0. The second kappa shape index (κ2) is 16.8. The van der Waals surface area contributed by atoms with Gasteiger partial charge in [0.25, 0.3) is 10.0 Å². The Hall–Kier alpha value is -5.56. The van der Waals surface area contributed by atoms with Crippen LogP contribution in [0.5, 0.6) is 11.5 Å². The second-order valence-corrected chi connectivity index (χ2v) is 17.5. The number of ether oxygens (including phenoxy) is 4. The molecule has 0 atom stereocenters. The van der Waals surface area contributed by atoms with Crippen LogP contribution < -0.4 is 24.7 Å². The molecular weight excluding hydrogens is 761 g/mol. The molecule has 3 aromatic carbocycles. The molecule has 3 aromatic rings. The number of carbonyl (C=O) groups is 3. The van der Waals surface area contributed by atoms with Gasteiger partial charge in [-0.05, 0) is 108 Å². The maximum Gasteiger partial charge on any atom is 0.366 e. The van der Waals surface area contributed by atoms with Crippen LogP contribution in [-0.4, -0.2) is 78.3 Å². The fraction of sp³-hybridized carbons (Fsp3) is 0.389. The van der Waals surface area contributed by atoms with E-state index in [-0.39, 0.29) is 22.7 Å². The lowest BCUT2D eigenvalue weighted by atomic mass is 9.99. The number of methoxy groups -OCH3 is 1. The molecular formula is C36H46N4O13S2. The number of guanidine groups is 1. The van der Waals surface area contributed by atoms with Gasteiger partial charge in [-0.15, -0.1) is 0 Å². The molecule has 0 amide bonds. The molecule has 0 bridgehead atoms. The normalized spacial score (nSPS) is 12.2. The number of aryl methyl sites for hydroxylation is 1. The number of sulfonamides is 1. The summed E-state index contributed by atoms with van der Waals surface area (Å²) in [4.78, 5) is 43.0. The number of carbonyl (C=O) groups excluding carboxylic acids is 3. The van der Waals surface area contributed by atoms with Gasteiger partial charge in [0, 0.05) is 19.5 Å². The number of esters is 3. The van der Waals surface area contributed by atoms with Crippen molar-refractivity contribution in [2.24, 2.45) is 16.6 Å². The van der Waals surface area contributed by atoms with Crippen molar-refractivity contribution < 1.29 is 59.2 Å². The minimum Gasteiger partial charge on any atom is -0.493 e. The van der Waals surface area contributed by atoms with Crippen LogP contribution in [0.2, 0.25) is 0 Å². The summed E-state index contributed by atoms with van der Waals surface area (Å²) in [7, 11) is -6.90. The molecule has 0 aliphatic carbocycles. The Morgan fingerprint density at radius 1 is 0.782 bits per heavy atom. The number of hydrogen-bond donors (Lipinski definition) is 2. The topological polar surface area (TPSA) is 243 Å². The summed E-state index contributed by atoms with van der Waals surface area (Å²) in [6.07, 6.45) is -0.541. The first kappa shape index (κ1) is 43.8. The van der Waals surface area contributed by atoms with Crippen molar-refractivity contribution in [3.63, 3.8) is 0 Å². The third kappa shape index (κ3) is 11.5. The Bertz CT molecular complexity index is 2110. The van der Waals surface area contributed by atoms with E-state index in [4.69, 9.17) is 34.7 Å². The Balaban J connectivity index is 1.94. The van der Waals surface area contributed by atoms with E-state index in [1.807, 2.05) is 0 Å². The van der Waals surface area contributed by atoms with Gasteiger partial charge in [0.2, 0.25) is 5.96 Å². The van der Waals surface area contributed by atoms with Gasteiger partial charge in [0.1, 0.15) is 32.5 Å². The summed E-state index contributed by atoms with van der Waals surface area (Å²) in [5.41, 5.74) is 6.97. The molecule has 19 heteroatoms. The average Bonchev–Trinajstić information content (AvgIpc) is 3.07. The van der Waals surface area contributed by atoms with Crippen LogP contribution in [0, 0.1) is 6.92 Å². The zero-order valence-electron chi connectivity index (χ0n) is 31.9. The highest BCUT2D eigenvalue weighted by Gasteiger charge is 2.55. The quantitative estimate of drug-likeness (QED) is 0.0422. The van der Waals surface area contributed by atoms with Crippen molar-refractivity contribution in [1.29, 1.82) is 0 Å². The lowest BCUT2D eigenvalue weighted by molar-refractivity contribution is -0.205. The zero-order chi connectivity index (χ0) is 41.6. The van der Waals surface area contributed by atoms with E-state index in [0.717, 1.165) is 16.4 Å². The Kier molecular flexibility index (Phi) is 13.4. The Morgan fingerprint density at radius 2 is 1.31 bits per heavy atom. The molecule has 300 valence electrons. The van der Waals surface area contributed by atoms with Crippen molar-refractivity contribution in [2.75, 3.05) is 25.1 Å². The van der Waals surface area contributed by atoms with Gasteiger partial charge in [-0.25, -0.2) is 22.8 Å². The highest BCUT2D eigenvalue weighted by molar-refractivity contribution is 7.94. The monoisotopic (exact) mass is 806 g/mol. The van der Waals surface area contributed by atoms with Gasteiger partial charge in [0.15, 0.2) is 0 Å². The van der Waals surface area contributed by atoms with Gasteiger partial charge >= 0.3 is 33.6 Å². The molecule has 17 nitrogen and oxygen atoms in total. The first-order valence-electron chi connectivity index (χ1n) is 16.5. The molecule has 0 unspecified atom stereocenters. The maximum atomic E-state index is 13.8. The largest absolute Gasteiger partial charge is 0.493 e. The Labute approximate surface area is 320 Å². The standard InChI is InChI=1S/C36H46N4O13S2/c1-23-20-26(49-19-18-36(53-39-33(37)38,31(42)50-34(2,3)4)32(43)51-35(5,6)7)22-27(21-23)52-55(46,47)29-13-11-10-12-28(29)54(44,45)40(8)25-16-14-24(15-17-25)30(41)48-9/h10-17,20-22H,18-19H2,1-9H3,(H4,37,38,39). The van der Waals surface area contributed by atoms with Crippen LogP contribution in [0.4, 0.5) is 5.69 Å². The third-order valence-electron chi connectivity index (χ3n) is 7.13. The molecule has 0 heterocycles. The van der Waals surface area contributed by atoms with Crippen molar-refractivity contribution in [2.45, 2.75) is 81.5 Å². The van der Waals surface area contributed by atoms with Crippen LogP contribution in [-0.2, 0) is 48.8 Å². The first-order chi connectivity index (χ1) is 25.3. The van der Waals surface area contributed by atoms with Gasteiger partial charge in [0.05, 0.1) is 25.0 Å². The first-order valence-corrected chi connectivity index (χ1v) is 19.4. The molecule has 0 radical (unpaired) electrons. The predicted octanol–water partition coefficient (Wildman–Crippen LogP) is 3.77. The van der Waals surface area contributed by atoms with Crippen molar-refractivity contribution in [3.05, 3.63) is 77.9 Å². The number of oxime groups is 1. The number of anilines is 1. The summed E-state index contributed by atoms with van der Waals surface area (Å²) in [6.45, 7) is 10.6. The van der Waals surface area contributed by atoms with E-state index in [9.17, 15) is 31.2 Å². The molecule has 0 aromatic heterocycles. The lowest BCUT2D eigenvalue weighted by Gasteiger charge is -2.32. The minimum absolute atomic E-state index is 0.0327. The van der Waals surface area contributed by atoms with E-state index >= 15 is 0 Å². The van der Waals surface area contributed by atoms with Gasteiger partial charge in [-0.2, -0.15) is 8.42 Å². The fourth-order valence-corrected chi connectivity index (χ4v) is 7.56. The van der Waals surface area contributed by atoms with Gasteiger partial charge in [-0.3, -0.25) is 4.31 Å². The summed E-state index contributed by atoms with van der Waals surface area (Å²) in [5.74, 6) is -3.78. The molecule has 0 spiro atoms. The number of hydrogen-bond acceptors (Lipinski definition) is 14. The van der Waals surface area contributed by atoms with Gasteiger partial charge in [-0.1, -0.05) is 12.1 Å². The number of nitrogens with zero attached hydrogens (tertiary/aromatic N) is 2. The van der Waals surface area contributed by atoms with Crippen molar-refractivity contribution >= 4 is 49.7 Å². The molecule has 0 aliphatic heterocycles. The van der Waals surface area contributed by atoms with Crippen molar-refractivity contribution in [1.82, 2.24) is 0 Å². The van der Waals surface area contributed by atoms with E-state index in [1.54, 1.807) is 48.5 Å². The maximum absolute atomic E-state index is 13.8. The third-order valence-corrected chi connectivity index (χ3v) is 10.4. The highest BCUT2D eigenvalue weighted by Crippen LogP contribution is 2.32. The molecule has 3 rings (SSSR count). The van der Waals surface area contributed by atoms with Gasteiger partial charge < -0.3 is 39.4 Å². The van der Waals surface area contributed by atoms with E-state index < -0.39 is 83.6 Å². The number of rotatable bonds is 15. The Morgan fingerprint density at radius 3 is 1.82 bits per heavy atom.